The van der Waals surface area contributed by atoms with Crippen molar-refractivity contribution >= 4 is 5.69 Å². The summed E-state index contributed by atoms with van der Waals surface area (Å²) in [7, 11) is 0. The number of rotatable bonds is 4. The zero-order valence-corrected chi connectivity index (χ0v) is 7.71. The Morgan fingerprint density at radius 3 is 2.75 bits per heavy atom. The zero-order chi connectivity index (χ0) is 12.3. The summed E-state index contributed by atoms with van der Waals surface area (Å²) >= 11 is 0. The van der Waals surface area contributed by atoms with Gasteiger partial charge in [0.25, 0.3) is 5.56 Å². The number of nitrogens with two attached hydrogens (primary N) is 1. The molecule has 0 unspecified atom stereocenters. The molecule has 0 aromatic carbocycles. The second kappa shape index (κ2) is 4.37. The number of H-pyrrole nitrogens is 1. The van der Waals surface area contributed by atoms with Gasteiger partial charge in [-0.25, -0.2) is 13.8 Å². The Kier molecular flexibility index (Phi) is 3.35. The van der Waals surface area contributed by atoms with Crippen LogP contribution in [0.15, 0.2) is 11.1 Å². The van der Waals surface area contributed by atoms with Gasteiger partial charge in [-0.3, -0.25) is 4.79 Å². The normalized spacial score (nSPS) is 11.8. The third-order valence-electron chi connectivity index (χ3n) is 1.57. The van der Waals surface area contributed by atoms with E-state index in [0.29, 0.717) is 0 Å². The molecule has 5 nitrogen and oxygen atoms in total. The molecule has 0 fully saturated rings. The minimum atomic E-state index is -4.32. The number of halogens is 4. The van der Waals surface area contributed by atoms with Crippen LogP contribution in [-0.4, -0.2) is 28.9 Å². The van der Waals surface area contributed by atoms with Gasteiger partial charge in [0.15, 0.2) is 12.3 Å². The number of nitrogens with zero attached hydrogens (tertiary/aromatic N) is 1. The standard InChI is InChI=1S/C7H7F4N3O2/c8-6(9)7(10,11)1-16-5-3(12)4(15)13-2-14-5/h2,6H,1,12H2,(H,13,14,15). The molecular weight excluding hydrogens is 234 g/mol. The number of ether oxygens (including phenoxy) is 1. The molecule has 1 aromatic heterocycles. The number of nitrogen functional groups attached to an aromatic ring is 1. The molecule has 0 atom stereocenters. The quantitative estimate of drug-likeness (QED) is 0.757. The summed E-state index contributed by atoms with van der Waals surface area (Å²) in [5.74, 6) is -4.93. The van der Waals surface area contributed by atoms with Crippen LogP contribution in [0.2, 0.25) is 0 Å². The molecule has 0 aliphatic carbocycles. The predicted octanol–water partition coefficient (Wildman–Crippen LogP) is 0.631. The Morgan fingerprint density at radius 1 is 1.56 bits per heavy atom. The van der Waals surface area contributed by atoms with Gasteiger partial charge in [-0.05, 0) is 0 Å². The van der Waals surface area contributed by atoms with E-state index >= 15 is 0 Å². The van der Waals surface area contributed by atoms with Crippen molar-refractivity contribution in [1.29, 1.82) is 0 Å². The third-order valence-corrected chi connectivity index (χ3v) is 1.57. The number of aromatic amines is 1. The van der Waals surface area contributed by atoms with Crippen molar-refractivity contribution in [3.8, 4) is 5.88 Å². The number of hydrogen-bond acceptors (Lipinski definition) is 4. The molecule has 0 aliphatic heterocycles. The van der Waals surface area contributed by atoms with E-state index in [1.807, 2.05) is 0 Å². The Hall–Kier alpha value is -1.80. The van der Waals surface area contributed by atoms with Gasteiger partial charge in [-0.15, -0.1) is 0 Å². The molecule has 16 heavy (non-hydrogen) atoms. The van der Waals surface area contributed by atoms with Gasteiger partial charge in [0.2, 0.25) is 5.88 Å². The van der Waals surface area contributed by atoms with Crippen LogP contribution < -0.4 is 16.0 Å². The number of anilines is 1. The van der Waals surface area contributed by atoms with Crippen molar-refractivity contribution in [2.24, 2.45) is 0 Å². The molecule has 1 aromatic rings. The van der Waals surface area contributed by atoms with Gasteiger partial charge >= 0.3 is 12.3 Å². The number of aromatic nitrogens is 2. The lowest BCUT2D eigenvalue weighted by molar-refractivity contribution is -0.148. The molecule has 9 heteroatoms. The Morgan fingerprint density at radius 2 is 2.19 bits per heavy atom. The first-order valence-corrected chi connectivity index (χ1v) is 3.96. The van der Waals surface area contributed by atoms with Crippen LogP contribution in [-0.2, 0) is 0 Å². The average Bonchev–Trinajstić information content (AvgIpc) is 2.20. The first-order valence-electron chi connectivity index (χ1n) is 3.96. The number of alkyl halides is 4. The van der Waals surface area contributed by atoms with Crippen LogP contribution in [0.5, 0.6) is 5.88 Å². The van der Waals surface area contributed by atoms with Crippen molar-refractivity contribution < 1.29 is 22.3 Å². The maximum Gasteiger partial charge on any atom is 0.340 e. The minimum Gasteiger partial charge on any atom is -0.469 e. The van der Waals surface area contributed by atoms with E-state index in [4.69, 9.17) is 5.73 Å². The molecule has 0 radical (unpaired) electrons. The maximum absolute atomic E-state index is 12.4. The lowest BCUT2D eigenvalue weighted by Crippen LogP contribution is -2.34. The average molecular weight is 241 g/mol. The first kappa shape index (κ1) is 12.3. The highest BCUT2D eigenvalue weighted by Gasteiger charge is 2.42. The van der Waals surface area contributed by atoms with Crippen LogP contribution in [0, 0.1) is 0 Å². The molecule has 3 N–H and O–H groups in total. The topological polar surface area (TPSA) is 81.0 Å². The van der Waals surface area contributed by atoms with Crippen LogP contribution >= 0.6 is 0 Å². The monoisotopic (exact) mass is 241 g/mol. The van der Waals surface area contributed by atoms with Gasteiger partial charge in [0, 0.05) is 0 Å². The summed E-state index contributed by atoms with van der Waals surface area (Å²) in [4.78, 5) is 16.2. The molecule has 0 saturated carbocycles. The van der Waals surface area contributed by atoms with Crippen LogP contribution in [0.25, 0.3) is 0 Å². The molecule has 0 spiro atoms. The number of hydrogen-bond donors (Lipinski definition) is 2. The molecule has 0 amide bonds. The van der Waals surface area contributed by atoms with E-state index in [1.165, 1.54) is 0 Å². The third kappa shape index (κ3) is 2.61. The molecule has 90 valence electrons. The van der Waals surface area contributed by atoms with E-state index in [2.05, 4.69) is 14.7 Å². The minimum absolute atomic E-state index is 0.549. The molecule has 0 saturated heterocycles. The van der Waals surface area contributed by atoms with Crippen LogP contribution in [0.4, 0.5) is 23.2 Å². The van der Waals surface area contributed by atoms with Crippen molar-refractivity contribution in [1.82, 2.24) is 9.97 Å². The molecular formula is C7H7F4N3O2. The Labute approximate surface area is 86.2 Å². The molecule has 1 rings (SSSR count). The summed E-state index contributed by atoms with van der Waals surface area (Å²) in [6.45, 7) is -1.61. The second-order valence-corrected chi connectivity index (χ2v) is 2.80. The first-order chi connectivity index (χ1) is 7.34. The summed E-state index contributed by atoms with van der Waals surface area (Å²) in [5, 5.41) is 0. The van der Waals surface area contributed by atoms with Crippen LogP contribution in [0.1, 0.15) is 0 Å². The predicted molar refractivity (Wildman–Crippen MR) is 45.7 cm³/mol. The molecule has 1 heterocycles. The second-order valence-electron chi connectivity index (χ2n) is 2.80. The van der Waals surface area contributed by atoms with E-state index in [9.17, 15) is 22.4 Å². The van der Waals surface area contributed by atoms with Crippen molar-refractivity contribution in [2.75, 3.05) is 12.3 Å². The summed E-state index contributed by atoms with van der Waals surface area (Å²) in [6.07, 6.45) is -3.01. The smallest absolute Gasteiger partial charge is 0.340 e. The fourth-order valence-electron chi connectivity index (χ4n) is 0.737. The summed E-state index contributed by atoms with van der Waals surface area (Å²) in [6, 6.07) is 0. The number of nitrogens with one attached hydrogen (secondary N) is 1. The summed E-state index contributed by atoms with van der Waals surface area (Å²) < 4.78 is 52.6. The maximum atomic E-state index is 12.4. The van der Waals surface area contributed by atoms with E-state index < -0.39 is 36.1 Å². The molecule has 0 bridgehead atoms. The highest BCUT2D eigenvalue weighted by atomic mass is 19.3. The Bertz CT molecular complexity index is 420. The largest absolute Gasteiger partial charge is 0.469 e. The zero-order valence-electron chi connectivity index (χ0n) is 7.71. The fourth-order valence-corrected chi connectivity index (χ4v) is 0.737. The molecule has 0 aliphatic rings. The van der Waals surface area contributed by atoms with E-state index in [0.717, 1.165) is 6.33 Å². The van der Waals surface area contributed by atoms with Gasteiger partial charge in [-0.2, -0.15) is 8.78 Å². The van der Waals surface area contributed by atoms with Gasteiger partial charge < -0.3 is 15.5 Å². The highest BCUT2D eigenvalue weighted by Crippen LogP contribution is 2.24. The van der Waals surface area contributed by atoms with Gasteiger partial charge in [0.1, 0.15) is 0 Å². The van der Waals surface area contributed by atoms with Crippen molar-refractivity contribution in [3.63, 3.8) is 0 Å². The summed E-state index contributed by atoms with van der Waals surface area (Å²) in [5.41, 5.74) is 3.78. The van der Waals surface area contributed by atoms with E-state index in [1.54, 1.807) is 0 Å². The highest BCUT2D eigenvalue weighted by molar-refractivity contribution is 5.44. The van der Waals surface area contributed by atoms with Gasteiger partial charge in [0.05, 0.1) is 6.33 Å². The van der Waals surface area contributed by atoms with E-state index in [-0.39, 0.29) is 0 Å². The van der Waals surface area contributed by atoms with Gasteiger partial charge in [-0.1, -0.05) is 0 Å². The van der Waals surface area contributed by atoms with Crippen molar-refractivity contribution in [3.05, 3.63) is 16.7 Å². The lowest BCUT2D eigenvalue weighted by atomic mass is 10.4. The fraction of sp³-hybridized carbons (Fsp3) is 0.429. The lowest BCUT2D eigenvalue weighted by Gasteiger charge is -2.15. The Balaban J connectivity index is 2.76. The van der Waals surface area contributed by atoms with Crippen LogP contribution in [0.3, 0.4) is 0 Å². The van der Waals surface area contributed by atoms with Crippen molar-refractivity contribution in [2.45, 2.75) is 12.3 Å². The SMILES string of the molecule is Nc1c(OCC(F)(F)C(F)F)nc[nH]c1=O.